The smallest absolute Gasteiger partial charge is 0.274 e. The van der Waals surface area contributed by atoms with Gasteiger partial charge in [0.1, 0.15) is 18.2 Å². The highest BCUT2D eigenvalue weighted by molar-refractivity contribution is 5.94. The Hall–Kier alpha value is -2.19. The van der Waals surface area contributed by atoms with E-state index in [0.717, 1.165) is 6.07 Å². The molecule has 0 radical (unpaired) electrons. The third kappa shape index (κ3) is 3.39. The van der Waals surface area contributed by atoms with E-state index in [-0.39, 0.29) is 42.0 Å². The van der Waals surface area contributed by atoms with Gasteiger partial charge in [-0.15, -0.1) is 0 Å². The topological polar surface area (TPSA) is 88.1 Å². The van der Waals surface area contributed by atoms with Gasteiger partial charge in [0.25, 0.3) is 5.91 Å². The van der Waals surface area contributed by atoms with Gasteiger partial charge in [-0.3, -0.25) is 14.8 Å². The van der Waals surface area contributed by atoms with Crippen molar-refractivity contribution in [3.63, 3.8) is 0 Å². The minimum absolute atomic E-state index is 0.0404. The number of nitrogens with zero attached hydrogens (tertiary/aromatic N) is 1. The molecule has 1 unspecified atom stereocenters. The Bertz CT molecular complexity index is 718. The van der Waals surface area contributed by atoms with Gasteiger partial charge in [-0.25, -0.2) is 9.87 Å². The van der Waals surface area contributed by atoms with Crippen molar-refractivity contribution in [3.8, 4) is 5.75 Å². The summed E-state index contributed by atoms with van der Waals surface area (Å²) in [6, 6.07) is 2.16. The second-order valence-electron chi connectivity index (χ2n) is 7.14. The molecule has 8 heteroatoms. The van der Waals surface area contributed by atoms with Crippen LogP contribution in [0.15, 0.2) is 12.1 Å². The summed E-state index contributed by atoms with van der Waals surface area (Å²) >= 11 is 0. The highest BCUT2D eigenvalue weighted by Crippen LogP contribution is 2.36. The lowest BCUT2D eigenvalue weighted by Gasteiger charge is -2.38. The van der Waals surface area contributed by atoms with Gasteiger partial charge in [0, 0.05) is 24.3 Å². The zero-order valence-electron chi connectivity index (χ0n) is 14.9. The van der Waals surface area contributed by atoms with Gasteiger partial charge in [-0.05, 0) is 31.9 Å². The molecular formula is C18H23FN2O5. The number of hydroxylamine groups is 1. The molecule has 26 heavy (non-hydrogen) atoms. The third-order valence-corrected chi connectivity index (χ3v) is 5.23. The number of ether oxygens (including phenoxy) is 2. The summed E-state index contributed by atoms with van der Waals surface area (Å²) in [6.45, 7) is 5.10. The highest BCUT2D eigenvalue weighted by Gasteiger charge is 2.41. The Labute approximate surface area is 151 Å². The van der Waals surface area contributed by atoms with Crippen LogP contribution in [0, 0.1) is 11.2 Å². The molecular weight excluding hydrogens is 343 g/mol. The Balaban J connectivity index is 1.91. The van der Waals surface area contributed by atoms with E-state index in [1.165, 1.54) is 11.5 Å². The first-order valence-corrected chi connectivity index (χ1v) is 8.64. The van der Waals surface area contributed by atoms with Crippen molar-refractivity contribution in [3.05, 3.63) is 29.1 Å². The molecule has 7 nitrogen and oxygen atoms in total. The second-order valence-corrected chi connectivity index (χ2v) is 7.14. The molecule has 1 fully saturated rings. The van der Waals surface area contributed by atoms with E-state index >= 15 is 0 Å². The van der Waals surface area contributed by atoms with Crippen LogP contribution in [-0.2, 0) is 16.1 Å². The summed E-state index contributed by atoms with van der Waals surface area (Å²) in [7, 11) is 0. The van der Waals surface area contributed by atoms with Crippen molar-refractivity contribution in [2.75, 3.05) is 19.8 Å². The molecule has 1 aromatic rings. The number of amides is 2. The van der Waals surface area contributed by atoms with E-state index in [4.69, 9.17) is 14.7 Å². The maximum absolute atomic E-state index is 14.6. The molecule has 0 aliphatic carbocycles. The molecule has 0 spiro atoms. The fraction of sp³-hybridized carbons (Fsp3) is 0.556. The van der Waals surface area contributed by atoms with Crippen LogP contribution in [0.2, 0.25) is 0 Å². The summed E-state index contributed by atoms with van der Waals surface area (Å²) in [5.41, 5.74) is 1.12. The molecule has 2 heterocycles. The first-order chi connectivity index (χ1) is 12.4. The van der Waals surface area contributed by atoms with E-state index in [1.54, 1.807) is 4.90 Å². The molecule has 1 atom stereocenters. The van der Waals surface area contributed by atoms with Crippen LogP contribution >= 0.6 is 0 Å². The Morgan fingerprint density at radius 3 is 2.69 bits per heavy atom. The normalized spacial score (nSPS) is 22.0. The second kappa shape index (κ2) is 7.20. The van der Waals surface area contributed by atoms with Crippen molar-refractivity contribution in [1.82, 2.24) is 10.4 Å². The first kappa shape index (κ1) is 18.6. The molecule has 2 aliphatic heterocycles. The Kier molecular flexibility index (Phi) is 5.15. The van der Waals surface area contributed by atoms with Gasteiger partial charge in [0.2, 0.25) is 5.91 Å². The van der Waals surface area contributed by atoms with Crippen molar-refractivity contribution in [2.24, 2.45) is 5.41 Å². The zero-order valence-corrected chi connectivity index (χ0v) is 14.9. The lowest BCUT2D eigenvalue weighted by atomic mass is 9.80. The molecule has 1 aromatic carbocycles. The number of halogens is 1. The number of rotatable bonds is 2. The summed E-state index contributed by atoms with van der Waals surface area (Å²) < 4.78 is 25.6. The van der Waals surface area contributed by atoms with Crippen LogP contribution in [0.4, 0.5) is 4.39 Å². The van der Waals surface area contributed by atoms with Crippen LogP contribution < -0.4 is 10.2 Å². The fourth-order valence-electron chi connectivity index (χ4n) is 3.37. The SMILES string of the molecule is CC1COc2cc(C(=O)NO)cc(F)c2CN1C(=O)C1(C)CCOCC1. The minimum atomic E-state index is -0.824. The van der Waals surface area contributed by atoms with Gasteiger partial charge in [-0.2, -0.15) is 0 Å². The lowest BCUT2D eigenvalue weighted by molar-refractivity contribution is -0.149. The van der Waals surface area contributed by atoms with Crippen LogP contribution in [0.3, 0.4) is 0 Å². The number of benzene rings is 1. The molecule has 2 amide bonds. The van der Waals surface area contributed by atoms with Crippen LogP contribution in [0.1, 0.15) is 42.6 Å². The van der Waals surface area contributed by atoms with E-state index in [9.17, 15) is 14.0 Å². The Morgan fingerprint density at radius 2 is 2.04 bits per heavy atom. The predicted octanol–water partition coefficient (Wildman–Crippen LogP) is 1.87. The molecule has 2 N–H and O–H groups in total. The van der Waals surface area contributed by atoms with Gasteiger partial charge in [0.15, 0.2) is 0 Å². The molecule has 2 aliphatic rings. The fourth-order valence-corrected chi connectivity index (χ4v) is 3.37. The highest BCUT2D eigenvalue weighted by atomic mass is 19.1. The summed E-state index contributed by atoms with van der Waals surface area (Å²) in [4.78, 5) is 26.4. The average molecular weight is 366 g/mol. The molecule has 1 saturated heterocycles. The van der Waals surface area contributed by atoms with Gasteiger partial charge in [0.05, 0.1) is 18.0 Å². The number of carbonyl (C=O) groups is 2. The van der Waals surface area contributed by atoms with Crippen molar-refractivity contribution < 1.29 is 28.7 Å². The molecule has 0 bridgehead atoms. The number of hydrogen-bond donors (Lipinski definition) is 2. The van der Waals surface area contributed by atoms with E-state index < -0.39 is 17.1 Å². The third-order valence-electron chi connectivity index (χ3n) is 5.23. The maximum atomic E-state index is 14.6. The number of fused-ring (bicyclic) bond motifs is 1. The van der Waals surface area contributed by atoms with Gasteiger partial charge < -0.3 is 14.4 Å². The van der Waals surface area contributed by atoms with Gasteiger partial charge in [-0.1, -0.05) is 6.92 Å². The monoisotopic (exact) mass is 366 g/mol. The first-order valence-electron chi connectivity index (χ1n) is 8.64. The van der Waals surface area contributed by atoms with Crippen molar-refractivity contribution in [2.45, 2.75) is 39.3 Å². The Morgan fingerprint density at radius 1 is 1.35 bits per heavy atom. The maximum Gasteiger partial charge on any atom is 0.274 e. The van der Waals surface area contributed by atoms with Crippen LogP contribution in [0.5, 0.6) is 5.75 Å². The number of nitrogens with one attached hydrogen (secondary N) is 1. The minimum Gasteiger partial charge on any atom is -0.491 e. The van der Waals surface area contributed by atoms with Crippen LogP contribution in [-0.4, -0.2) is 47.8 Å². The standard InChI is InChI=1S/C18H23FN2O5/c1-11-10-26-15-8-12(16(22)20-24)7-14(19)13(15)9-21(11)17(23)18(2)3-5-25-6-4-18/h7-8,11,24H,3-6,9-10H2,1-2H3,(H,20,22). The van der Waals surface area contributed by atoms with E-state index in [0.29, 0.717) is 26.1 Å². The van der Waals surface area contributed by atoms with Crippen LogP contribution in [0.25, 0.3) is 0 Å². The lowest BCUT2D eigenvalue weighted by Crippen LogP contribution is -2.49. The molecule has 142 valence electrons. The summed E-state index contributed by atoms with van der Waals surface area (Å²) in [6.07, 6.45) is 1.25. The van der Waals surface area contributed by atoms with Crippen molar-refractivity contribution >= 4 is 11.8 Å². The van der Waals surface area contributed by atoms with E-state index in [2.05, 4.69) is 0 Å². The van der Waals surface area contributed by atoms with Gasteiger partial charge >= 0.3 is 0 Å². The zero-order chi connectivity index (χ0) is 18.9. The number of hydrogen-bond acceptors (Lipinski definition) is 5. The molecule has 0 saturated carbocycles. The largest absolute Gasteiger partial charge is 0.491 e. The summed E-state index contributed by atoms with van der Waals surface area (Å²) in [5.74, 6) is -1.30. The van der Waals surface area contributed by atoms with E-state index in [1.807, 2.05) is 13.8 Å². The van der Waals surface area contributed by atoms with Crippen molar-refractivity contribution in [1.29, 1.82) is 0 Å². The number of carbonyl (C=O) groups excluding carboxylic acids is 2. The quantitative estimate of drug-likeness (QED) is 0.616. The molecule has 0 aromatic heterocycles. The summed E-state index contributed by atoms with van der Waals surface area (Å²) in [5, 5.41) is 8.74. The average Bonchev–Trinajstić information content (AvgIpc) is 2.80. The predicted molar refractivity (Wildman–Crippen MR) is 89.3 cm³/mol. The molecule has 3 rings (SSSR count).